The number of nitrogens with zero attached hydrogens (tertiary/aromatic N) is 10. The molecule has 4 heterocycles. The Hall–Kier alpha value is -6.86. The lowest BCUT2D eigenvalue weighted by atomic mass is 9.99. The van der Waals surface area contributed by atoms with Gasteiger partial charge in [-0.1, -0.05) is 0 Å². The molecule has 18 nitrogen and oxygen atoms in total. The minimum absolute atomic E-state index is 0.00865. The molecule has 236 valence electrons. The Bertz CT molecular complexity index is 2080. The molecule has 0 radical (unpaired) electrons. The van der Waals surface area contributed by atoms with Gasteiger partial charge in [0.05, 0.1) is 22.5 Å². The number of amides is 2. The van der Waals surface area contributed by atoms with E-state index >= 15 is 0 Å². The van der Waals surface area contributed by atoms with Crippen molar-refractivity contribution in [3.63, 3.8) is 0 Å². The molecule has 0 bridgehead atoms. The smallest absolute Gasteiger partial charge is 0.337 e. The summed E-state index contributed by atoms with van der Waals surface area (Å²) in [4.78, 5) is 49.3. The number of fused-ring (bicyclic) bond motifs is 2. The van der Waals surface area contributed by atoms with Crippen LogP contribution < -0.4 is 10.6 Å². The van der Waals surface area contributed by atoms with Gasteiger partial charge < -0.3 is 20.8 Å². The molecule has 0 aliphatic carbocycles. The molecule has 0 fully saturated rings. The maximum Gasteiger partial charge on any atom is 0.337 e. The lowest BCUT2D eigenvalue weighted by Gasteiger charge is -2.13. The number of aromatic nitrogens is 10. The van der Waals surface area contributed by atoms with Crippen molar-refractivity contribution in [2.45, 2.75) is 19.3 Å². The van der Waals surface area contributed by atoms with Crippen LogP contribution in [0.25, 0.3) is 11.3 Å². The van der Waals surface area contributed by atoms with Gasteiger partial charge in [0, 0.05) is 0 Å². The van der Waals surface area contributed by atoms with Gasteiger partial charge in [0.15, 0.2) is 22.7 Å². The zero-order valence-corrected chi connectivity index (χ0v) is 23.5. The van der Waals surface area contributed by atoms with Crippen molar-refractivity contribution in [3.8, 4) is 0 Å². The molecule has 0 unspecified atom stereocenters. The first-order valence-corrected chi connectivity index (χ1v) is 13.4. The minimum atomic E-state index is -1.50. The van der Waals surface area contributed by atoms with Crippen LogP contribution in [0.15, 0.2) is 48.5 Å². The number of anilines is 2. The number of aromatic carboxylic acids is 2. The van der Waals surface area contributed by atoms with Crippen LogP contribution in [0.4, 0.5) is 20.2 Å². The Morgan fingerprint density at radius 1 is 0.660 bits per heavy atom. The van der Waals surface area contributed by atoms with Crippen molar-refractivity contribution in [3.05, 3.63) is 93.8 Å². The molecule has 20 heteroatoms. The van der Waals surface area contributed by atoms with Gasteiger partial charge in [-0.2, -0.15) is 0 Å². The molecule has 2 amide bonds. The third kappa shape index (κ3) is 6.22. The number of carbonyl (C=O) groups is 4. The molecule has 4 aromatic heterocycles. The van der Waals surface area contributed by atoms with Gasteiger partial charge in [0.25, 0.3) is 11.8 Å². The molecular formula is C27H18F2N12O6. The van der Waals surface area contributed by atoms with Crippen LogP contribution in [0.5, 0.6) is 0 Å². The number of carbonyl (C=O) groups excluding carboxylic acids is 2. The van der Waals surface area contributed by atoms with E-state index in [-0.39, 0.29) is 64.4 Å². The molecule has 6 aromatic rings. The largest absolute Gasteiger partial charge is 0.478 e. The molecule has 2 aromatic carbocycles. The number of carboxylic acids is 2. The molecule has 0 saturated carbocycles. The number of hydrogen-bond donors (Lipinski definition) is 4. The predicted molar refractivity (Wildman–Crippen MR) is 152 cm³/mol. The highest BCUT2D eigenvalue weighted by Gasteiger charge is 2.21. The second-order valence-electron chi connectivity index (χ2n) is 9.84. The maximum atomic E-state index is 15.0. The van der Waals surface area contributed by atoms with Crippen LogP contribution in [-0.4, -0.2) is 84.5 Å². The highest BCUT2D eigenvalue weighted by molar-refractivity contribution is 6.07. The summed E-state index contributed by atoms with van der Waals surface area (Å²) in [7, 11) is 0. The lowest BCUT2D eigenvalue weighted by molar-refractivity contribution is 0.0686. The summed E-state index contributed by atoms with van der Waals surface area (Å²) in [5.41, 5.74) is -1.23. The van der Waals surface area contributed by atoms with Gasteiger partial charge in [-0.3, -0.25) is 9.59 Å². The minimum Gasteiger partial charge on any atom is -0.478 e. The van der Waals surface area contributed by atoms with Gasteiger partial charge >= 0.3 is 11.9 Å². The molecule has 0 aliphatic heterocycles. The number of hydrogen-bond acceptors (Lipinski definition) is 12. The van der Waals surface area contributed by atoms with E-state index in [1.165, 1.54) is 24.3 Å². The first-order valence-electron chi connectivity index (χ1n) is 13.4. The van der Waals surface area contributed by atoms with Crippen molar-refractivity contribution in [1.29, 1.82) is 0 Å². The van der Waals surface area contributed by atoms with E-state index in [4.69, 9.17) is 0 Å². The fourth-order valence-corrected chi connectivity index (χ4v) is 4.56. The summed E-state index contributed by atoms with van der Waals surface area (Å²) in [6.07, 6.45) is 0.0186. The molecule has 4 N–H and O–H groups in total. The quantitative estimate of drug-likeness (QED) is 0.166. The van der Waals surface area contributed by atoms with Crippen LogP contribution in [-0.2, 0) is 12.8 Å². The number of carboxylic acid groups (broad SMARTS) is 2. The Morgan fingerprint density at radius 3 is 1.49 bits per heavy atom. The maximum absolute atomic E-state index is 15.0. The van der Waals surface area contributed by atoms with Crippen molar-refractivity contribution < 1.29 is 38.2 Å². The predicted octanol–water partition coefficient (Wildman–Crippen LogP) is 1.71. The fourth-order valence-electron chi connectivity index (χ4n) is 4.56. The third-order valence-electron chi connectivity index (χ3n) is 6.83. The lowest BCUT2D eigenvalue weighted by Crippen LogP contribution is -2.18. The van der Waals surface area contributed by atoms with Crippen molar-refractivity contribution >= 4 is 46.4 Å². The highest BCUT2D eigenvalue weighted by atomic mass is 19.1. The van der Waals surface area contributed by atoms with Gasteiger partial charge in [0.1, 0.15) is 11.6 Å². The van der Waals surface area contributed by atoms with E-state index in [2.05, 4.69) is 51.9 Å². The zero-order valence-electron chi connectivity index (χ0n) is 23.5. The van der Waals surface area contributed by atoms with E-state index in [9.17, 15) is 38.2 Å². The van der Waals surface area contributed by atoms with Gasteiger partial charge in [-0.05, 0) is 99.8 Å². The Morgan fingerprint density at radius 2 is 1.09 bits per heavy atom. The normalized spacial score (nSPS) is 11.1. The Labute approximate surface area is 259 Å². The monoisotopic (exact) mass is 644 g/mol. The van der Waals surface area contributed by atoms with Crippen LogP contribution in [0.2, 0.25) is 0 Å². The topological polar surface area (TPSA) is 245 Å². The van der Waals surface area contributed by atoms with Gasteiger partial charge in [0.2, 0.25) is 0 Å². The van der Waals surface area contributed by atoms with Crippen LogP contribution >= 0.6 is 0 Å². The van der Waals surface area contributed by atoms with Crippen LogP contribution in [0.3, 0.4) is 0 Å². The molecule has 0 spiro atoms. The van der Waals surface area contributed by atoms with Gasteiger partial charge in [-0.15, -0.1) is 29.7 Å². The summed E-state index contributed by atoms with van der Waals surface area (Å²) in [5, 5.41) is 53.3. The standard InChI is InChI=1S/C27H18F2N12O6/c28-16-10-14(26(44)45)20(30-24(42)18-4-6-22-32-36-38-40(22)34-18)8-12(16)2-1-3-13-9-21(15(27(46)47)11-17(13)29)31-25(43)19-5-7-23-33-37-39-41(23)35-19/h4-11H,1-3H2,(H,30,42)(H,31,43)(H,44,45)(H,46,47). The van der Waals surface area contributed by atoms with E-state index in [1.807, 2.05) is 0 Å². The summed E-state index contributed by atoms with van der Waals surface area (Å²) < 4.78 is 31.9. The highest BCUT2D eigenvalue weighted by Crippen LogP contribution is 2.26. The van der Waals surface area contributed by atoms with Crippen molar-refractivity contribution in [1.82, 2.24) is 50.5 Å². The number of aryl methyl sites for hydroxylation is 2. The van der Waals surface area contributed by atoms with Crippen LogP contribution in [0.1, 0.15) is 59.2 Å². The molecule has 6 rings (SSSR count). The molecular weight excluding hydrogens is 626 g/mol. The first-order chi connectivity index (χ1) is 22.6. The van der Waals surface area contributed by atoms with Gasteiger partial charge in [-0.25, -0.2) is 18.4 Å². The second-order valence-corrected chi connectivity index (χ2v) is 9.84. The second kappa shape index (κ2) is 12.3. The number of halogens is 2. The average molecular weight is 645 g/mol. The molecule has 0 saturated heterocycles. The Balaban J connectivity index is 1.19. The molecule has 0 aliphatic rings. The third-order valence-corrected chi connectivity index (χ3v) is 6.83. The number of tetrazole rings is 2. The Kier molecular flexibility index (Phi) is 7.87. The summed E-state index contributed by atoms with van der Waals surface area (Å²) in [5.74, 6) is -6.39. The summed E-state index contributed by atoms with van der Waals surface area (Å²) >= 11 is 0. The van der Waals surface area contributed by atoms with Crippen molar-refractivity contribution in [2.75, 3.05) is 10.6 Å². The zero-order chi connectivity index (χ0) is 33.2. The van der Waals surface area contributed by atoms with E-state index in [0.717, 1.165) is 33.5 Å². The SMILES string of the molecule is O=C(Nc1cc(CCCc2cc(NC(=O)c3ccc4nnnn4n3)c(C(=O)O)cc2F)c(F)cc1C(=O)O)c1ccc2nnnn2n1. The first kappa shape index (κ1) is 30.2. The fraction of sp³-hybridized carbons (Fsp3) is 0.111. The molecule has 0 atom stereocenters. The summed E-state index contributed by atoms with van der Waals surface area (Å²) in [6, 6.07) is 9.27. The average Bonchev–Trinajstić information content (AvgIpc) is 3.72. The number of rotatable bonds is 10. The van der Waals surface area contributed by atoms with E-state index < -0.39 is 46.5 Å². The van der Waals surface area contributed by atoms with Crippen molar-refractivity contribution in [2.24, 2.45) is 0 Å². The number of benzene rings is 2. The summed E-state index contributed by atoms with van der Waals surface area (Å²) in [6.45, 7) is 0. The van der Waals surface area contributed by atoms with E-state index in [0.29, 0.717) is 0 Å². The molecule has 47 heavy (non-hydrogen) atoms. The van der Waals surface area contributed by atoms with E-state index in [1.54, 1.807) is 0 Å². The number of nitrogens with one attached hydrogen (secondary N) is 2. The van der Waals surface area contributed by atoms with Crippen LogP contribution in [0, 0.1) is 11.6 Å².